The van der Waals surface area contributed by atoms with Gasteiger partial charge in [0.05, 0.1) is 7.11 Å². The van der Waals surface area contributed by atoms with Crippen molar-refractivity contribution in [2.45, 2.75) is 0 Å². The summed E-state index contributed by atoms with van der Waals surface area (Å²) in [5.74, 6) is 0. The van der Waals surface area contributed by atoms with Crippen LogP contribution < -0.4 is 0 Å². The molecule has 0 aromatic rings. The standard InChI is InChI=1S/C3H10O2S/c1-5-6(2,3)4/h4H,1-3H3. The molecule has 0 radical (unpaired) electrons. The van der Waals surface area contributed by atoms with Crippen LogP contribution in [0, 0.1) is 0 Å². The Hall–Kier alpha value is 0.270. The minimum atomic E-state index is -1.66. The molecule has 0 bridgehead atoms. The number of hydrogen-bond acceptors (Lipinski definition) is 2. The lowest BCUT2D eigenvalue weighted by atomic mass is 11.8. The molecule has 0 aromatic carbocycles. The Morgan fingerprint density at radius 2 is 1.67 bits per heavy atom. The molecule has 0 aliphatic rings. The molecule has 0 aromatic heterocycles. The first-order valence-corrected chi connectivity index (χ1v) is 3.91. The van der Waals surface area contributed by atoms with E-state index >= 15 is 0 Å². The molecular formula is C3H10O2S. The zero-order valence-corrected chi connectivity index (χ0v) is 5.08. The van der Waals surface area contributed by atoms with Crippen LogP contribution in [-0.4, -0.2) is 24.2 Å². The molecule has 0 amide bonds. The lowest BCUT2D eigenvalue weighted by Crippen LogP contribution is -1.92. The van der Waals surface area contributed by atoms with Crippen LogP contribution in [0.2, 0.25) is 0 Å². The third-order valence-corrected chi connectivity index (χ3v) is 1.22. The number of hydrogen-bond donors (Lipinski definition) is 1. The van der Waals surface area contributed by atoms with Gasteiger partial charge in [-0.15, -0.1) is 0 Å². The van der Waals surface area contributed by atoms with E-state index in [1.54, 1.807) is 12.5 Å². The van der Waals surface area contributed by atoms with Gasteiger partial charge in [0.25, 0.3) is 0 Å². The summed E-state index contributed by atoms with van der Waals surface area (Å²) in [5.41, 5.74) is 0. The molecule has 0 unspecified atom stereocenters. The molecule has 2 nitrogen and oxygen atoms in total. The zero-order valence-electron chi connectivity index (χ0n) is 4.26. The van der Waals surface area contributed by atoms with Crippen molar-refractivity contribution in [1.82, 2.24) is 0 Å². The van der Waals surface area contributed by atoms with E-state index in [4.69, 9.17) is 4.55 Å². The van der Waals surface area contributed by atoms with Crippen molar-refractivity contribution < 1.29 is 8.74 Å². The van der Waals surface area contributed by atoms with E-state index in [1.807, 2.05) is 0 Å². The summed E-state index contributed by atoms with van der Waals surface area (Å²) in [6.07, 6.45) is 3.32. The highest BCUT2D eigenvalue weighted by molar-refractivity contribution is 8.23. The average Bonchev–Trinajstić information content (AvgIpc) is 1.35. The van der Waals surface area contributed by atoms with Gasteiger partial charge in [0.1, 0.15) is 0 Å². The predicted molar refractivity (Wildman–Crippen MR) is 29.1 cm³/mol. The molecule has 0 spiro atoms. The van der Waals surface area contributed by atoms with E-state index in [0.717, 1.165) is 0 Å². The van der Waals surface area contributed by atoms with Gasteiger partial charge in [-0.25, -0.2) is 10.6 Å². The monoisotopic (exact) mass is 110 g/mol. The third-order valence-electron chi connectivity index (χ3n) is 0.408. The third kappa shape index (κ3) is 4.27. The molecule has 40 valence electrons. The molecule has 1 N–H and O–H groups in total. The first kappa shape index (κ1) is 6.27. The predicted octanol–water partition coefficient (Wildman–Crippen LogP) is 1.08. The van der Waals surface area contributed by atoms with E-state index in [-0.39, 0.29) is 0 Å². The summed E-state index contributed by atoms with van der Waals surface area (Å²) in [5, 5.41) is 0. The highest BCUT2D eigenvalue weighted by atomic mass is 32.3. The molecule has 0 heterocycles. The van der Waals surface area contributed by atoms with Gasteiger partial charge in [-0.1, -0.05) is 0 Å². The van der Waals surface area contributed by atoms with Gasteiger partial charge in [0.2, 0.25) is 0 Å². The van der Waals surface area contributed by atoms with Crippen LogP contribution >= 0.6 is 10.6 Å². The minimum Gasteiger partial charge on any atom is -0.300 e. The fourth-order valence-corrected chi connectivity index (χ4v) is 0. The second-order valence-electron chi connectivity index (χ2n) is 1.35. The van der Waals surface area contributed by atoms with E-state index in [0.29, 0.717) is 0 Å². The Kier molecular flexibility index (Phi) is 1.90. The van der Waals surface area contributed by atoms with E-state index in [2.05, 4.69) is 4.18 Å². The van der Waals surface area contributed by atoms with Crippen LogP contribution in [0.4, 0.5) is 0 Å². The molecule has 0 rings (SSSR count). The SMILES string of the molecule is COS(C)(C)O. The van der Waals surface area contributed by atoms with Gasteiger partial charge in [-0.2, -0.15) is 0 Å². The van der Waals surface area contributed by atoms with Crippen molar-refractivity contribution in [2.24, 2.45) is 0 Å². The van der Waals surface area contributed by atoms with Gasteiger partial charge < -0.3 is 0 Å². The van der Waals surface area contributed by atoms with Crippen LogP contribution in [0.25, 0.3) is 0 Å². The molecular weight excluding hydrogens is 100 g/mol. The van der Waals surface area contributed by atoms with E-state index in [1.165, 1.54) is 7.11 Å². The smallest absolute Gasteiger partial charge is 0.0603 e. The van der Waals surface area contributed by atoms with Crippen molar-refractivity contribution >= 4 is 10.6 Å². The van der Waals surface area contributed by atoms with Gasteiger partial charge in [-0.05, 0) is 0 Å². The van der Waals surface area contributed by atoms with Crippen LogP contribution in [0.15, 0.2) is 0 Å². The minimum absolute atomic E-state index is 1.50. The van der Waals surface area contributed by atoms with Crippen LogP contribution in [0.1, 0.15) is 0 Å². The molecule has 0 aliphatic heterocycles. The highest BCUT2D eigenvalue weighted by Crippen LogP contribution is 2.33. The summed E-state index contributed by atoms with van der Waals surface area (Å²) in [6, 6.07) is 0. The van der Waals surface area contributed by atoms with Crippen LogP contribution in [0.3, 0.4) is 0 Å². The Morgan fingerprint density at radius 3 is 1.67 bits per heavy atom. The van der Waals surface area contributed by atoms with E-state index < -0.39 is 10.6 Å². The summed E-state index contributed by atoms with van der Waals surface area (Å²) in [7, 11) is -0.167. The maximum Gasteiger partial charge on any atom is 0.0603 e. The number of rotatable bonds is 1. The van der Waals surface area contributed by atoms with Crippen LogP contribution in [0.5, 0.6) is 0 Å². The molecule has 0 saturated heterocycles. The molecule has 0 fully saturated rings. The van der Waals surface area contributed by atoms with Gasteiger partial charge >= 0.3 is 0 Å². The van der Waals surface area contributed by atoms with Crippen LogP contribution in [-0.2, 0) is 4.18 Å². The molecule has 3 heteroatoms. The lowest BCUT2D eigenvalue weighted by Gasteiger charge is -2.25. The van der Waals surface area contributed by atoms with Crippen molar-refractivity contribution in [2.75, 3.05) is 19.6 Å². The molecule has 0 saturated carbocycles. The molecule has 0 atom stereocenters. The topological polar surface area (TPSA) is 29.5 Å². The van der Waals surface area contributed by atoms with Gasteiger partial charge in [0, 0.05) is 12.5 Å². The fourth-order valence-electron chi connectivity index (χ4n) is 0. The van der Waals surface area contributed by atoms with E-state index in [9.17, 15) is 0 Å². The summed E-state index contributed by atoms with van der Waals surface area (Å²) in [6.45, 7) is 0. The largest absolute Gasteiger partial charge is 0.300 e. The Balaban J connectivity index is 3.17. The second-order valence-corrected chi connectivity index (χ2v) is 4.04. The maximum absolute atomic E-state index is 8.69. The molecule has 0 aliphatic carbocycles. The second kappa shape index (κ2) is 1.82. The van der Waals surface area contributed by atoms with Crippen molar-refractivity contribution in [3.63, 3.8) is 0 Å². The first-order valence-electron chi connectivity index (χ1n) is 1.57. The Morgan fingerprint density at radius 1 is 1.50 bits per heavy atom. The van der Waals surface area contributed by atoms with Crippen molar-refractivity contribution in [1.29, 1.82) is 0 Å². The summed E-state index contributed by atoms with van der Waals surface area (Å²) < 4.78 is 13.3. The summed E-state index contributed by atoms with van der Waals surface area (Å²) >= 11 is 0. The lowest BCUT2D eigenvalue weighted by molar-refractivity contribution is 0.406. The zero-order chi connectivity index (χ0) is 5.21. The Labute approximate surface area is 39.9 Å². The average molecular weight is 110 g/mol. The fraction of sp³-hybridized carbons (Fsp3) is 1.00. The van der Waals surface area contributed by atoms with Gasteiger partial charge in [-0.3, -0.25) is 8.74 Å². The first-order chi connectivity index (χ1) is 2.56. The van der Waals surface area contributed by atoms with Crippen molar-refractivity contribution in [3.8, 4) is 0 Å². The Bertz CT molecular complexity index is 38.5. The summed E-state index contributed by atoms with van der Waals surface area (Å²) in [4.78, 5) is 0. The highest BCUT2D eigenvalue weighted by Gasteiger charge is 1.92. The van der Waals surface area contributed by atoms with Gasteiger partial charge in [0.15, 0.2) is 0 Å². The normalized spacial score (nSPS) is 14.7. The van der Waals surface area contributed by atoms with Crippen molar-refractivity contribution in [3.05, 3.63) is 0 Å². The quantitative estimate of drug-likeness (QED) is 0.547. The molecule has 6 heavy (non-hydrogen) atoms. The maximum atomic E-state index is 8.69.